The van der Waals surface area contributed by atoms with E-state index in [1.165, 1.54) is 7.11 Å². The summed E-state index contributed by atoms with van der Waals surface area (Å²) in [4.78, 5) is 23.1. The van der Waals surface area contributed by atoms with E-state index in [2.05, 4.69) is 4.74 Å². The summed E-state index contributed by atoms with van der Waals surface area (Å²) in [6, 6.07) is 0. The van der Waals surface area contributed by atoms with E-state index in [1.807, 2.05) is 0 Å². The van der Waals surface area contributed by atoms with Gasteiger partial charge in [-0.2, -0.15) is 0 Å². The molecule has 0 aliphatic carbocycles. The number of esters is 2. The van der Waals surface area contributed by atoms with Gasteiger partial charge < -0.3 is 18.9 Å². The second kappa shape index (κ2) is 6.56. The van der Waals surface area contributed by atoms with Crippen LogP contribution in [0.1, 0.15) is 13.8 Å². The van der Waals surface area contributed by atoms with Crippen molar-refractivity contribution >= 4 is 11.9 Å². The highest BCUT2D eigenvalue weighted by atomic mass is 16.6. The first kappa shape index (κ1) is 13.9. The Morgan fingerprint density at radius 3 is 2.47 bits per heavy atom. The highest BCUT2D eigenvalue weighted by Crippen LogP contribution is 2.12. The topological polar surface area (TPSA) is 71.1 Å². The summed E-state index contributed by atoms with van der Waals surface area (Å²) in [6.45, 7) is 4.52. The smallest absolute Gasteiger partial charge is 0.347 e. The molecule has 0 saturated carbocycles. The molecule has 0 amide bonds. The standard InChI is InChI=1S/C11H18O6/c1-7(2)9(11(13)14-3)17-10(12)8-6-15-4-5-16-8/h7-9H,4-6H2,1-3H3/t8-,9-/m1/s1. The molecule has 1 rings (SSSR count). The lowest BCUT2D eigenvalue weighted by Gasteiger charge is -2.25. The van der Waals surface area contributed by atoms with E-state index in [9.17, 15) is 9.59 Å². The Morgan fingerprint density at radius 2 is 2.00 bits per heavy atom. The van der Waals surface area contributed by atoms with Crippen LogP contribution in [0.2, 0.25) is 0 Å². The third-order valence-electron chi connectivity index (χ3n) is 2.36. The zero-order chi connectivity index (χ0) is 12.8. The summed E-state index contributed by atoms with van der Waals surface area (Å²) in [5.41, 5.74) is 0. The summed E-state index contributed by atoms with van der Waals surface area (Å²) in [5, 5.41) is 0. The van der Waals surface area contributed by atoms with Crippen molar-refractivity contribution in [3.8, 4) is 0 Å². The van der Waals surface area contributed by atoms with Gasteiger partial charge in [-0.1, -0.05) is 13.8 Å². The van der Waals surface area contributed by atoms with Gasteiger partial charge in [-0.05, 0) is 0 Å². The maximum absolute atomic E-state index is 11.7. The molecule has 6 heteroatoms. The molecule has 0 unspecified atom stereocenters. The Bertz CT molecular complexity index is 269. The van der Waals surface area contributed by atoms with Crippen molar-refractivity contribution in [3.63, 3.8) is 0 Å². The van der Waals surface area contributed by atoms with Gasteiger partial charge in [0.15, 0.2) is 6.10 Å². The van der Waals surface area contributed by atoms with E-state index in [-0.39, 0.29) is 12.5 Å². The molecule has 1 aliphatic rings. The predicted molar refractivity (Wildman–Crippen MR) is 57.3 cm³/mol. The number of carbonyl (C=O) groups is 2. The molecule has 1 saturated heterocycles. The van der Waals surface area contributed by atoms with Crippen molar-refractivity contribution in [2.45, 2.75) is 26.1 Å². The van der Waals surface area contributed by atoms with Crippen LogP contribution in [0.5, 0.6) is 0 Å². The number of hydrogen-bond donors (Lipinski definition) is 0. The Labute approximate surface area is 100 Å². The minimum Gasteiger partial charge on any atom is -0.466 e. The van der Waals surface area contributed by atoms with Gasteiger partial charge in [-0.3, -0.25) is 0 Å². The number of ether oxygens (including phenoxy) is 4. The molecule has 0 N–H and O–H groups in total. The lowest BCUT2D eigenvalue weighted by Crippen LogP contribution is -2.41. The van der Waals surface area contributed by atoms with Crippen molar-refractivity contribution in [1.29, 1.82) is 0 Å². The third kappa shape index (κ3) is 3.98. The SMILES string of the molecule is COC(=O)[C@H](OC(=O)[C@H]1COCCO1)C(C)C. The van der Waals surface area contributed by atoms with Crippen LogP contribution in [-0.4, -0.2) is 51.1 Å². The fourth-order valence-electron chi connectivity index (χ4n) is 1.40. The molecule has 1 fully saturated rings. The number of methoxy groups -OCH3 is 1. The van der Waals surface area contributed by atoms with Crippen molar-refractivity contribution in [3.05, 3.63) is 0 Å². The van der Waals surface area contributed by atoms with E-state index < -0.39 is 24.1 Å². The lowest BCUT2D eigenvalue weighted by molar-refractivity contribution is -0.185. The Balaban J connectivity index is 2.54. The summed E-state index contributed by atoms with van der Waals surface area (Å²) in [6.07, 6.45) is -1.66. The van der Waals surface area contributed by atoms with Crippen molar-refractivity contribution in [1.82, 2.24) is 0 Å². The maximum Gasteiger partial charge on any atom is 0.347 e. The number of rotatable bonds is 4. The molecule has 0 aromatic heterocycles. The van der Waals surface area contributed by atoms with Crippen molar-refractivity contribution in [2.24, 2.45) is 5.92 Å². The minimum absolute atomic E-state index is 0.157. The molecule has 1 heterocycles. The second-order valence-corrected chi connectivity index (χ2v) is 4.06. The van der Waals surface area contributed by atoms with E-state index in [0.717, 1.165) is 0 Å². The average Bonchev–Trinajstić information content (AvgIpc) is 2.35. The summed E-state index contributed by atoms with van der Waals surface area (Å²) in [7, 11) is 1.26. The Kier molecular flexibility index (Phi) is 5.37. The molecule has 0 bridgehead atoms. The number of hydrogen-bond acceptors (Lipinski definition) is 6. The van der Waals surface area contributed by atoms with Gasteiger partial charge in [0, 0.05) is 5.92 Å². The lowest BCUT2D eigenvalue weighted by atomic mass is 10.1. The van der Waals surface area contributed by atoms with Crippen LogP contribution in [0.3, 0.4) is 0 Å². The van der Waals surface area contributed by atoms with E-state index in [4.69, 9.17) is 14.2 Å². The third-order valence-corrected chi connectivity index (χ3v) is 2.36. The monoisotopic (exact) mass is 246 g/mol. The maximum atomic E-state index is 11.7. The van der Waals surface area contributed by atoms with Gasteiger partial charge in [-0.15, -0.1) is 0 Å². The zero-order valence-corrected chi connectivity index (χ0v) is 10.3. The van der Waals surface area contributed by atoms with Gasteiger partial charge in [0.1, 0.15) is 0 Å². The second-order valence-electron chi connectivity index (χ2n) is 4.06. The Hall–Kier alpha value is -1.14. The quantitative estimate of drug-likeness (QED) is 0.657. The van der Waals surface area contributed by atoms with E-state index in [0.29, 0.717) is 13.2 Å². The molecule has 6 nitrogen and oxygen atoms in total. The molecule has 17 heavy (non-hydrogen) atoms. The van der Waals surface area contributed by atoms with Gasteiger partial charge >= 0.3 is 11.9 Å². The van der Waals surface area contributed by atoms with Gasteiger partial charge in [0.2, 0.25) is 6.10 Å². The van der Waals surface area contributed by atoms with Gasteiger partial charge in [0.05, 0.1) is 26.9 Å². The van der Waals surface area contributed by atoms with Crippen molar-refractivity contribution < 1.29 is 28.5 Å². The molecule has 0 aromatic carbocycles. The van der Waals surface area contributed by atoms with Crippen LogP contribution in [0, 0.1) is 5.92 Å². The molecule has 98 valence electrons. The molecule has 1 aliphatic heterocycles. The minimum atomic E-state index is -0.905. The van der Waals surface area contributed by atoms with Crippen molar-refractivity contribution in [2.75, 3.05) is 26.9 Å². The fraction of sp³-hybridized carbons (Fsp3) is 0.818. The largest absolute Gasteiger partial charge is 0.466 e. The molecule has 2 atom stereocenters. The summed E-state index contributed by atoms with van der Waals surface area (Å²) in [5.74, 6) is -1.31. The zero-order valence-electron chi connectivity index (χ0n) is 10.3. The van der Waals surface area contributed by atoms with Crippen LogP contribution in [0.4, 0.5) is 0 Å². The summed E-state index contributed by atoms with van der Waals surface area (Å²) < 4.78 is 19.9. The van der Waals surface area contributed by atoms with Crippen LogP contribution in [0.15, 0.2) is 0 Å². The fourth-order valence-corrected chi connectivity index (χ4v) is 1.40. The summed E-state index contributed by atoms with van der Waals surface area (Å²) >= 11 is 0. The van der Waals surface area contributed by atoms with Gasteiger partial charge in [0.25, 0.3) is 0 Å². The molecule has 0 spiro atoms. The number of carbonyl (C=O) groups excluding carboxylic acids is 2. The first-order valence-corrected chi connectivity index (χ1v) is 5.54. The highest BCUT2D eigenvalue weighted by molar-refractivity contribution is 5.81. The predicted octanol–water partition coefficient (Wildman–Crippen LogP) is 0.143. The Morgan fingerprint density at radius 1 is 1.29 bits per heavy atom. The first-order chi connectivity index (χ1) is 8.06. The molecular formula is C11H18O6. The van der Waals surface area contributed by atoms with Crippen LogP contribution in [0.25, 0.3) is 0 Å². The van der Waals surface area contributed by atoms with Gasteiger partial charge in [-0.25, -0.2) is 9.59 Å². The molecular weight excluding hydrogens is 228 g/mol. The molecule has 0 aromatic rings. The normalized spacial score (nSPS) is 22.0. The van der Waals surface area contributed by atoms with Crippen LogP contribution in [-0.2, 0) is 28.5 Å². The van der Waals surface area contributed by atoms with Crippen LogP contribution < -0.4 is 0 Å². The van der Waals surface area contributed by atoms with E-state index >= 15 is 0 Å². The molecule has 0 radical (unpaired) electrons. The van der Waals surface area contributed by atoms with E-state index in [1.54, 1.807) is 13.8 Å². The van der Waals surface area contributed by atoms with Crippen LogP contribution >= 0.6 is 0 Å². The highest BCUT2D eigenvalue weighted by Gasteiger charge is 2.32. The first-order valence-electron chi connectivity index (χ1n) is 5.54. The average molecular weight is 246 g/mol.